The summed E-state index contributed by atoms with van der Waals surface area (Å²) < 4.78 is 32.5. The van der Waals surface area contributed by atoms with E-state index in [2.05, 4.69) is 0 Å². The third kappa shape index (κ3) is 6.04. The number of anilines is 1. The van der Waals surface area contributed by atoms with Crippen LogP contribution in [0.1, 0.15) is 41.7 Å². The second-order valence-electron chi connectivity index (χ2n) is 10.7. The molecular formula is C31H33F2NO7. The van der Waals surface area contributed by atoms with Crippen LogP contribution >= 0.6 is 0 Å². The molecule has 0 saturated carbocycles. The summed E-state index contributed by atoms with van der Waals surface area (Å²) in [4.78, 5) is 14.9. The fraction of sp³-hybridized carbons (Fsp3) is 0.387. The summed E-state index contributed by atoms with van der Waals surface area (Å²) in [5.74, 6) is -1.43. The van der Waals surface area contributed by atoms with Crippen LogP contribution in [0.3, 0.4) is 0 Å². The summed E-state index contributed by atoms with van der Waals surface area (Å²) in [6.45, 7) is -0.507. The van der Waals surface area contributed by atoms with Gasteiger partial charge >= 0.3 is 0 Å². The Labute approximate surface area is 236 Å². The van der Waals surface area contributed by atoms with Gasteiger partial charge in [-0.05, 0) is 65.9 Å². The molecule has 0 bridgehead atoms. The Bertz CT molecular complexity index is 1320. The predicted octanol–water partition coefficient (Wildman–Crippen LogP) is 2.57. The Morgan fingerprint density at radius 1 is 0.805 bits per heavy atom. The third-order valence-electron chi connectivity index (χ3n) is 8.07. The molecule has 3 aromatic rings. The lowest BCUT2D eigenvalue weighted by molar-refractivity contribution is -0.228. The van der Waals surface area contributed by atoms with E-state index in [1.54, 1.807) is 4.90 Å². The van der Waals surface area contributed by atoms with E-state index < -0.39 is 60.8 Å². The van der Waals surface area contributed by atoms with Gasteiger partial charge in [-0.25, -0.2) is 8.78 Å². The number of hydrogen-bond acceptors (Lipinski definition) is 7. The number of ether oxygens (including phenoxy) is 1. The first kappa shape index (κ1) is 29.2. The van der Waals surface area contributed by atoms with Crippen LogP contribution in [0.25, 0.3) is 0 Å². The fourth-order valence-electron chi connectivity index (χ4n) is 5.72. The van der Waals surface area contributed by atoms with Crippen LogP contribution in [0.15, 0.2) is 72.8 Å². The summed E-state index contributed by atoms with van der Waals surface area (Å²) in [7, 11) is 0. The highest BCUT2D eigenvalue weighted by Crippen LogP contribution is 2.46. The molecule has 2 fully saturated rings. The summed E-state index contributed by atoms with van der Waals surface area (Å²) in [6.07, 6.45) is -6.08. The normalized spacial score (nSPS) is 28.8. The molecule has 0 spiro atoms. The Morgan fingerprint density at radius 3 is 2.00 bits per heavy atom. The monoisotopic (exact) mass is 569 g/mol. The van der Waals surface area contributed by atoms with Crippen molar-refractivity contribution in [3.8, 4) is 0 Å². The van der Waals surface area contributed by atoms with Gasteiger partial charge in [-0.15, -0.1) is 0 Å². The molecule has 8 atom stereocenters. The van der Waals surface area contributed by atoms with Gasteiger partial charge in [0, 0.05) is 12.1 Å². The molecular weight excluding hydrogens is 536 g/mol. The smallest absolute Gasteiger partial charge is 0.233 e. The minimum Gasteiger partial charge on any atom is -0.394 e. The molecule has 2 aliphatic heterocycles. The van der Waals surface area contributed by atoms with E-state index in [1.165, 1.54) is 48.5 Å². The number of aliphatic hydroxyl groups is 5. The zero-order valence-electron chi connectivity index (χ0n) is 22.1. The van der Waals surface area contributed by atoms with E-state index in [1.807, 2.05) is 24.3 Å². The molecule has 1 amide bonds. The van der Waals surface area contributed by atoms with E-state index in [9.17, 15) is 39.1 Å². The SMILES string of the molecule is O=C1[C@H](CC[C@H](O)c2ccc(F)cc2)[C@@H](c2ccc(C[C@@H]3O[C@H](CO)[C@@H](O)[C@H](O)[C@H]3O)cc2)N1c1ccc(F)cc1. The van der Waals surface area contributed by atoms with Crippen LogP contribution in [0, 0.1) is 17.6 Å². The molecule has 41 heavy (non-hydrogen) atoms. The van der Waals surface area contributed by atoms with Crippen LogP contribution in [0.5, 0.6) is 0 Å². The van der Waals surface area contributed by atoms with Gasteiger partial charge in [0.1, 0.15) is 36.1 Å². The third-order valence-corrected chi connectivity index (χ3v) is 8.07. The second kappa shape index (κ2) is 12.3. The minimum atomic E-state index is -1.46. The molecule has 5 N–H and O–H groups in total. The molecule has 0 aromatic heterocycles. The van der Waals surface area contributed by atoms with Gasteiger partial charge in [0.2, 0.25) is 5.91 Å². The van der Waals surface area contributed by atoms with Crippen LogP contribution in [0.2, 0.25) is 0 Å². The number of β-lactam (4-membered cyclic amide) rings is 1. The zero-order chi connectivity index (χ0) is 29.3. The highest BCUT2D eigenvalue weighted by atomic mass is 19.1. The van der Waals surface area contributed by atoms with Gasteiger partial charge in [-0.3, -0.25) is 4.79 Å². The number of amides is 1. The lowest BCUT2D eigenvalue weighted by atomic mass is 9.78. The average molecular weight is 570 g/mol. The Hall–Kier alpha value is -3.25. The molecule has 2 aliphatic rings. The van der Waals surface area contributed by atoms with Crippen molar-refractivity contribution in [3.63, 3.8) is 0 Å². The summed E-state index contributed by atoms with van der Waals surface area (Å²) in [6, 6.07) is 18.2. The molecule has 3 aromatic carbocycles. The lowest BCUT2D eigenvalue weighted by Crippen LogP contribution is -2.59. The van der Waals surface area contributed by atoms with Crippen molar-refractivity contribution >= 4 is 11.6 Å². The van der Waals surface area contributed by atoms with Crippen LogP contribution < -0.4 is 4.90 Å². The maximum Gasteiger partial charge on any atom is 0.233 e. The number of halogens is 2. The van der Waals surface area contributed by atoms with Gasteiger partial charge in [0.15, 0.2) is 0 Å². The van der Waals surface area contributed by atoms with Crippen molar-refractivity contribution < 1.29 is 43.8 Å². The number of rotatable bonds is 9. The van der Waals surface area contributed by atoms with Gasteiger partial charge < -0.3 is 35.2 Å². The molecule has 10 heteroatoms. The molecule has 0 aliphatic carbocycles. The van der Waals surface area contributed by atoms with Gasteiger partial charge in [-0.2, -0.15) is 0 Å². The molecule has 2 saturated heterocycles. The first-order valence-electron chi connectivity index (χ1n) is 13.6. The molecule has 0 radical (unpaired) electrons. The van der Waals surface area contributed by atoms with E-state index in [-0.39, 0.29) is 24.8 Å². The predicted molar refractivity (Wildman–Crippen MR) is 145 cm³/mol. The zero-order valence-corrected chi connectivity index (χ0v) is 22.1. The number of nitrogens with zero attached hydrogens (tertiary/aromatic N) is 1. The number of carbonyl (C=O) groups excluding carboxylic acids is 1. The molecule has 2 heterocycles. The minimum absolute atomic E-state index is 0.154. The quantitative estimate of drug-likeness (QED) is 0.251. The van der Waals surface area contributed by atoms with Crippen molar-refractivity contribution in [3.05, 3.63) is 101 Å². The molecule has 0 unspecified atom stereocenters. The van der Waals surface area contributed by atoms with Gasteiger partial charge in [-0.1, -0.05) is 36.4 Å². The fourth-order valence-corrected chi connectivity index (χ4v) is 5.72. The van der Waals surface area contributed by atoms with Crippen molar-refractivity contribution in [1.82, 2.24) is 0 Å². The molecule has 218 valence electrons. The number of aliphatic hydroxyl groups excluding tert-OH is 5. The van der Waals surface area contributed by atoms with E-state index in [4.69, 9.17) is 4.74 Å². The first-order chi connectivity index (χ1) is 19.7. The van der Waals surface area contributed by atoms with Crippen LogP contribution in [-0.4, -0.2) is 68.6 Å². The van der Waals surface area contributed by atoms with E-state index >= 15 is 0 Å². The van der Waals surface area contributed by atoms with Crippen molar-refractivity contribution in [2.75, 3.05) is 11.5 Å². The van der Waals surface area contributed by atoms with Gasteiger partial charge in [0.05, 0.1) is 30.8 Å². The lowest BCUT2D eigenvalue weighted by Gasteiger charge is -2.48. The largest absolute Gasteiger partial charge is 0.394 e. The highest BCUT2D eigenvalue weighted by molar-refractivity contribution is 6.03. The highest BCUT2D eigenvalue weighted by Gasteiger charge is 2.48. The van der Waals surface area contributed by atoms with Gasteiger partial charge in [0.25, 0.3) is 0 Å². The van der Waals surface area contributed by atoms with E-state index in [0.29, 0.717) is 17.7 Å². The summed E-state index contributed by atoms with van der Waals surface area (Å²) in [5.41, 5.74) is 2.68. The Kier molecular flexibility index (Phi) is 8.79. The van der Waals surface area contributed by atoms with E-state index in [0.717, 1.165) is 11.1 Å². The number of hydrogen-bond donors (Lipinski definition) is 5. The second-order valence-corrected chi connectivity index (χ2v) is 10.7. The number of carbonyl (C=O) groups is 1. The maximum absolute atomic E-state index is 13.6. The van der Waals surface area contributed by atoms with Crippen molar-refractivity contribution in [1.29, 1.82) is 0 Å². The standard InChI is InChI=1S/C31H33F2NO7/c32-20-7-5-18(6-8-20)24(36)14-13-23-27(34(31(23)40)22-11-9-21(33)10-12-22)19-3-1-17(2-4-19)15-25-28(37)30(39)29(38)26(16-35)41-25/h1-12,23-30,35-39H,13-16H2/t23-,24+,25+,26-,27-,28+,29-,30-/m1/s1. The van der Waals surface area contributed by atoms with Crippen molar-refractivity contribution in [2.24, 2.45) is 5.92 Å². The Morgan fingerprint density at radius 2 is 1.39 bits per heavy atom. The van der Waals surface area contributed by atoms with Crippen LogP contribution in [0.4, 0.5) is 14.5 Å². The topological polar surface area (TPSA) is 131 Å². The first-order valence-corrected chi connectivity index (χ1v) is 13.6. The van der Waals surface area contributed by atoms with Crippen molar-refractivity contribution in [2.45, 2.75) is 61.9 Å². The summed E-state index contributed by atoms with van der Waals surface area (Å²) in [5, 5.41) is 50.6. The molecule has 5 rings (SSSR count). The molecule has 8 nitrogen and oxygen atoms in total. The number of benzene rings is 3. The van der Waals surface area contributed by atoms with Crippen LogP contribution in [-0.2, 0) is 16.0 Å². The average Bonchev–Trinajstić information content (AvgIpc) is 2.98. The Balaban J connectivity index is 1.33. The maximum atomic E-state index is 13.6. The summed E-state index contributed by atoms with van der Waals surface area (Å²) >= 11 is 0.